The third-order valence-corrected chi connectivity index (χ3v) is 7.06. The first-order valence-corrected chi connectivity index (χ1v) is 18.3. The Morgan fingerprint density at radius 2 is 0.469 bits per heavy atom. The van der Waals surface area contributed by atoms with Crippen LogP contribution in [0.25, 0.3) is 0 Å². The molecule has 2 saturated heterocycles. The van der Waals surface area contributed by atoms with Crippen molar-refractivity contribution in [3.05, 3.63) is 0 Å². The summed E-state index contributed by atoms with van der Waals surface area (Å²) in [5, 5.41) is 0. The van der Waals surface area contributed by atoms with Gasteiger partial charge in [-0.1, -0.05) is 0 Å². The molecule has 2 rings (SSSR count). The van der Waals surface area contributed by atoms with E-state index in [1.165, 1.54) is 12.8 Å². The first kappa shape index (κ1) is 44.6. The maximum absolute atomic E-state index is 5.61. The molecule has 0 radical (unpaired) electrons. The van der Waals surface area contributed by atoms with E-state index < -0.39 is 0 Å². The van der Waals surface area contributed by atoms with Gasteiger partial charge >= 0.3 is 0 Å². The molecule has 49 heavy (non-hydrogen) atoms. The van der Waals surface area contributed by atoms with Gasteiger partial charge in [-0.05, 0) is 38.5 Å². The van der Waals surface area contributed by atoms with Crippen molar-refractivity contribution < 1.29 is 71.1 Å². The van der Waals surface area contributed by atoms with Crippen LogP contribution in [0.3, 0.4) is 0 Å². The maximum atomic E-state index is 5.61. The number of hydrogen-bond donors (Lipinski definition) is 0. The Hall–Kier alpha value is -0.600. The van der Waals surface area contributed by atoms with E-state index in [1.54, 1.807) is 0 Å². The highest BCUT2D eigenvalue weighted by Gasteiger charge is 2.14. The lowest BCUT2D eigenvalue weighted by molar-refractivity contribution is -0.169. The summed E-state index contributed by atoms with van der Waals surface area (Å²) < 4.78 is 82.6. The van der Waals surface area contributed by atoms with Gasteiger partial charge in [0.25, 0.3) is 0 Å². The zero-order valence-electron chi connectivity index (χ0n) is 29.9. The first-order chi connectivity index (χ1) is 24.4. The number of hydrogen-bond acceptors (Lipinski definition) is 15. The highest BCUT2D eigenvalue weighted by Crippen LogP contribution is 2.14. The average molecular weight is 715 g/mol. The summed E-state index contributed by atoms with van der Waals surface area (Å²) in [5.74, 6) is 0. The highest BCUT2D eigenvalue weighted by molar-refractivity contribution is 4.54. The summed E-state index contributed by atoms with van der Waals surface area (Å²) >= 11 is 0. The van der Waals surface area contributed by atoms with E-state index in [0.717, 1.165) is 38.9 Å². The topological polar surface area (TPSA) is 138 Å². The summed E-state index contributed by atoms with van der Waals surface area (Å²) in [5.41, 5.74) is 0. The number of ether oxygens (including phenoxy) is 15. The Morgan fingerprint density at radius 3 is 0.653 bits per heavy atom. The minimum atomic E-state index is -0.0664. The minimum Gasteiger partial charge on any atom is -0.377 e. The summed E-state index contributed by atoms with van der Waals surface area (Å²) in [6.45, 7) is 14.1. The van der Waals surface area contributed by atoms with Crippen molar-refractivity contribution in [3.8, 4) is 0 Å². The van der Waals surface area contributed by atoms with Gasteiger partial charge in [0.05, 0.1) is 159 Å². The molecule has 2 fully saturated rings. The van der Waals surface area contributed by atoms with Crippen molar-refractivity contribution in [1.82, 2.24) is 0 Å². The Morgan fingerprint density at radius 1 is 0.265 bits per heavy atom. The largest absolute Gasteiger partial charge is 0.377 e. The van der Waals surface area contributed by atoms with Crippen molar-refractivity contribution in [2.75, 3.05) is 172 Å². The molecule has 0 aliphatic carbocycles. The molecule has 0 N–H and O–H groups in total. The molecule has 292 valence electrons. The maximum Gasteiger partial charge on any atom is 0.157 e. The van der Waals surface area contributed by atoms with E-state index in [0.29, 0.717) is 159 Å². The van der Waals surface area contributed by atoms with Crippen molar-refractivity contribution >= 4 is 0 Å². The molecule has 2 atom stereocenters. The van der Waals surface area contributed by atoms with Gasteiger partial charge in [0.1, 0.15) is 0 Å². The first-order valence-electron chi connectivity index (χ1n) is 18.3. The molecule has 0 aromatic carbocycles. The molecule has 2 aliphatic heterocycles. The molecule has 0 amide bonds. The zero-order valence-corrected chi connectivity index (χ0v) is 29.9. The van der Waals surface area contributed by atoms with Crippen LogP contribution in [0.1, 0.15) is 38.5 Å². The monoisotopic (exact) mass is 714 g/mol. The van der Waals surface area contributed by atoms with E-state index in [1.807, 2.05) is 0 Å². The standard InChI is InChI=1S/C34H66O15/c1-3-7-46-33(5-1)48-31-29-44-27-25-42-23-21-40-19-17-38-15-13-36-11-9-35-10-12-37-14-16-39-18-20-41-22-24-43-26-28-45-30-32-49-34-6-2-4-8-47-34/h33-34H,1-32H2. The van der Waals surface area contributed by atoms with Crippen LogP contribution in [0.5, 0.6) is 0 Å². The van der Waals surface area contributed by atoms with Gasteiger partial charge in [0.2, 0.25) is 0 Å². The lowest BCUT2D eigenvalue weighted by Crippen LogP contribution is -2.24. The molecule has 2 unspecified atom stereocenters. The van der Waals surface area contributed by atoms with Crippen LogP contribution < -0.4 is 0 Å². The Kier molecular flexibility index (Phi) is 33.8. The Labute approximate surface area is 293 Å². The Balaban J connectivity index is 1.11. The second-order valence-electron chi connectivity index (χ2n) is 11.1. The zero-order chi connectivity index (χ0) is 34.4. The fourth-order valence-electron chi connectivity index (χ4n) is 4.46. The second-order valence-corrected chi connectivity index (χ2v) is 11.1. The van der Waals surface area contributed by atoms with Crippen molar-refractivity contribution in [1.29, 1.82) is 0 Å². The lowest BCUT2D eigenvalue weighted by atomic mass is 10.2. The van der Waals surface area contributed by atoms with Gasteiger partial charge < -0.3 is 71.1 Å². The van der Waals surface area contributed by atoms with Gasteiger partial charge in [-0.2, -0.15) is 0 Å². The van der Waals surface area contributed by atoms with Gasteiger partial charge in [-0.3, -0.25) is 0 Å². The smallest absolute Gasteiger partial charge is 0.157 e. The summed E-state index contributed by atoms with van der Waals surface area (Å²) in [7, 11) is 0. The van der Waals surface area contributed by atoms with E-state index >= 15 is 0 Å². The van der Waals surface area contributed by atoms with Crippen LogP contribution in [-0.2, 0) is 71.1 Å². The number of rotatable bonds is 38. The minimum absolute atomic E-state index is 0.0664. The third-order valence-electron chi connectivity index (χ3n) is 7.06. The van der Waals surface area contributed by atoms with Crippen LogP contribution in [0, 0.1) is 0 Å². The molecule has 2 heterocycles. The SMILES string of the molecule is C1CCC(OCCOCCOCCOCCOCCOCCOCCOCCOCCOCCOCCOCCOC2CCCCO2)OC1. The van der Waals surface area contributed by atoms with Gasteiger partial charge in [0, 0.05) is 13.2 Å². The molecule has 0 aromatic rings. The summed E-state index contributed by atoms with van der Waals surface area (Å²) in [6, 6.07) is 0. The highest BCUT2D eigenvalue weighted by atomic mass is 16.7. The van der Waals surface area contributed by atoms with E-state index in [4.69, 9.17) is 71.1 Å². The molecule has 0 saturated carbocycles. The van der Waals surface area contributed by atoms with Crippen LogP contribution in [-0.4, -0.2) is 184 Å². The molecule has 0 bridgehead atoms. The molecular formula is C34H66O15. The normalized spacial score (nSPS) is 18.4. The fraction of sp³-hybridized carbons (Fsp3) is 1.00. The van der Waals surface area contributed by atoms with E-state index in [-0.39, 0.29) is 12.6 Å². The van der Waals surface area contributed by atoms with Crippen molar-refractivity contribution in [3.63, 3.8) is 0 Å². The molecule has 15 heteroatoms. The van der Waals surface area contributed by atoms with Crippen molar-refractivity contribution in [2.45, 2.75) is 51.1 Å². The second kappa shape index (κ2) is 37.2. The molecule has 0 spiro atoms. The van der Waals surface area contributed by atoms with Gasteiger partial charge in [-0.15, -0.1) is 0 Å². The van der Waals surface area contributed by atoms with Crippen LogP contribution >= 0.6 is 0 Å². The predicted molar refractivity (Wildman–Crippen MR) is 178 cm³/mol. The van der Waals surface area contributed by atoms with Crippen LogP contribution in [0.2, 0.25) is 0 Å². The molecule has 15 nitrogen and oxygen atoms in total. The van der Waals surface area contributed by atoms with E-state index in [9.17, 15) is 0 Å². The summed E-state index contributed by atoms with van der Waals surface area (Å²) in [4.78, 5) is 0. The quantitative estimate of drug-likeness (QED) is 0.0864. The molecular weight excluding hydrogens is 648 g/mol. The third kappa shape index (κ3) is 31.8. The molecule has 0 aromatic heterocycles. The van der Waals surface area contributed by atoms with Gasteiger partial charge in [-0.25, -0.2) is 0 Å². The van der Waals surface area contributed by atoms with Gasteiger partial charge in [0.15, 0.2) is 12.6 Å². The molecule has 2 aliphatic rings. The van der Waals surface area contributed by atoms with Crippen LogP contribution in [0.15, 0.2) is 0 Å². The average Bonchev–Trinajstić information content (AvgIpc) is 3.13. The Bertz CT molecular complexity index is 587. The van der Waals surface area contributed by atoms with E-state index in [2.05, 4.69) is 0 Å². The van der Waals surface area contributed by atoms with Crippen LogP contribution in [0.4, 0.5) is 0 Å². The fourth-order valence-corrected chi connectivity index (χ4v) is 4.46. The summed E-state index contributed by atoms with van der Waals surface area (Å²) in [6.07, 6.45) is 6.38. The van der Waals surface area contributed by atoms with Crippen molar-refractivity contribution in [2.24, 2.45) is 0 Å². The lowest BCUT2D eigenvalue weighted by Gasteiger charge is -2.22. The predicted octanol–water partition coefficient (Wildman–Crippen LogP) is 2.26.